The van der Waals surface area contributed by atoms with Crippen molar-refractivity contribution in [2.45, 2.75) is 38.8 Å². The highest BCUT2D eigenvalue weighted by molar-refractivity contribution is 6.04. The number of halogens is 3. The number of hydrogen-bond acceptors (Lipinski definition) is 7. The van der Waals surface area contributed by atoms with Crippen molar-refractivity contribution >= 4 is 34.6 Å². The number of carbonyl (C=O) groups excluding carboxylic acids is 1. The third kappa shape index (κ3) is 5.30. The predicted octanol–water partition coefficient (Wildman–Crippen LogP) is 5.03. The molecular weight excluding hydrogens is 519 g/mol. The van der Waals surface area contributed by atoms with Crippen molar-refractivity contribution in [2.24, 2.45) is 0 Å². The quantitative estimate of drug-likeness (QED) is 0.460. The zero-order valence-corrected chi connectivity index (χ0v) is 23.4. The Balaban J connectivity index is 1.41. The number of amides is 1. The topological polar surface area (TPSA) is 67.8 Å². The Labute approximate surface area is 232 Å². The van der Waals surface area contributed by atoms with Crippen LogP contribution in [0.15, 0.2) is 36.5 Å². The van der Waals surface area contributed by atoms with Gasteiger partial charge >= 0.3 is 0 Å². The SMILES string of the molecule is CC(C)N1C(=O)CN(C)c2c(F)cc(-c3nc(Nc4ccc(N5CCC(N(C)C)CC5)c(F)c4)ncc3F)cc21. The fourth-order valence-electron chi connectivity index (χ4n) is 5.56. The van der Waals surface area contributed by atoms with E-state index in [1.807, 2.05) is 18.7 Å². The van der Waals surface area contributed by atoms with E-state index in [2.05, 4.69) is 34.3 Å². The summed E-state index contributed by atoms with van der Waals surface area (Å²) in [5.41, 5.74) is 1.58. The van der Waals surface area contributed by atoms with E-state index in [0.29, 0.717) is 23.1 Å². The van der Waals surface area contributed by atoms with Gasteiger partial charge in [0.05, 0.1) is 29.8 Å². The van der Waals surface area contributed by atoms with E-state index in [1.165, 1.54) is 17.0 Å². The van der Waals surface area contributed by atoms with Crippen LogP contribution in [0, 0.1) is 17.5 Å². The lowest BCUT2D eigenvalue weighted by Gasteiger charge is -2.38. The summed E-state index contributed by atoms with van der Waals surface area (Å²) >= 11 is 0. The molecule has 40 heavy (non-hydrogen) atoms. The molecule has 1 fully saturated rings. The van der Waals surface area contributed by atoms with E-state index in [4.69, 9.17) is 0 Å². The summed E-state index contributed by atoms with van der Waals surface area (Å²) in [5, 5.41) is 2.93. The van der Waals surface area contributed by atoms with Crippen molar-refractivity contribution in [1.29, 1.82) is 0 Å². The minimum absolute atomic E-state index is 0.0300. The molecule has 0 unspecified atom stereocenters. The summed E-state index contributed by atoms with van der Waals surface area (Å²) < 4.78 is 45.3. The van der Waals surface area contributed by atoms with Crippen LogP contribution in [0.3, 0.4) is 0 Å². The Bertz CT molecular complexity index is 1420. The Kier molecular flexibility index (Phi) is 7.59. The number of rotatable bonds is 6. The maximum absolute atomic E-state index is 15.3. The number of hydrogen-bond donors (Lipinski definition) is 1. The second-order valence-electron chi connectivity index (χ2n) is 10.9. The summed E-state index contributed by atoms with van der Waals surface area (Å²) in [5.74, 6) is -1.87. The molecule has 3 heterocycles. The van der Waals surface area contributed by atoms with E-state index < -0.39 is 11.6 Å². The molecule has 0 aliphatic carbocycles. The number of fused-ring (bicyclic) bond motifs is 1. The highest BCUT2D eigenvalue weighted by Crippen LogP contribution is 2.40. The second-order valence-corrected chi connectivity index (χ2v) is 10.9. The molecule has 0 bridgehead atoms. The number of anilines is 5. The molecule has 1 N–H and O–H groups in total. The molecule has 212 valence electrons. The van der Waals surface area contributed by atoms with Crippen LogP contribution >= 0.6 is 0 Å². The van der Waals surface area contributed by atoms with Crippen LogP contribution in [0.1, 0.15) is 26.7 Å². The monoisotopic (exact) mass is 553 g/mol. The lowest BCUT2D eigenvalue weighted by molar-refractivity contribution is -0.117. The van der Waals surface area contributed by atoms with Crippen molar-refractivity contribution in [3.05, 3.63) is 54.0 Å². The van der Waals surface area contributed by atoms with Gasteiger partial charge in [0.1, 0.15) is 17.3 Å². The first-order valence-electron chi connectivity index (χ1n) is 13.4. The van der Waals surface area contributed by atoms with Gasteiger partial charge in [-0.2, -0.15) is 0 Å². The van der Waals surface area contributed by atoms with Gasteiger partial charge in [0.25, 0.3) is 0 Å². The molecular formula is C29H34F3N7O. The number of carbonyl (C=O) groups is 1. The lowest BCUT2D eigenvalue weighted by atomic mass is 10.0. The van der Waals surface area contributed by atoms with E-state index in [0.717, 1.165) is 32.1 Å². The fourth-order valence-corrected chi connectivity index (χ4v) is 5.56. The molecule has 0 atom stereocenters. The molecule has 8 nitrogen and oxygen atoms in total. The molecule has 2 aliphatic heterocycles. The molecule has 3 aromatic rings. The number of aromatic nitrogens is 2. The minimum atomic E-state index is -0.751. The summed E-state index contributed by atoms with van der Waals surface area (Å²) in [6.07, 6.45) is 2.90. The molecule has 2 aliphatic rings. The van der Waals surface area contributed by atoms with Gasteiger partial charge in [-0.25, -0.2) is 23.1 Å². The van der Waals surface area contributed by atoms with E-state index in [1.54, 1.807) is 30.1 Å². The third-order valence-corrected chi connectivity index (χ3v) is 7.60. The average molecular weight is 554 g/mol. The summed E-state index contributed by atoms with van der Waals surface area (Å²) in [7, 11) is 5.76. The van der Waals surface area contributed by atoms with Crippen molar-refractivity contribution in [1.82, 2.24) is 14.9 Å². The van der Waals surface area contributed by atoms with Crippen LogP contribution < -0.4 is 20.0 Å². The number of nitrogens with zero attached hydrogens (tertiary/aromatic N) is 6. The first kappa shape index (κ1) is 27.7. The van der Waals surface area contributed by atoms with Gasteiger partial charge in [-0.05, 0) is 71.1 Å². The molecule has 0 radical (unpaired) electrons. The molecule has 5 rings (SSSR count). The minimum Gasteiger partial charge on any atom is -0.369 e. The fraction of sp³-hybridized carbons (Fsp3) is 0.414. The summed E-state index contributed by atoms with van der Waals surface area (Å²) in [6.45, 7) is 5.25. The molecule has 11 heteroatoms. The number of nitrogens with one attached hydrogen (secondary N) is 1. The van der Waals surface area contributed by atoms with Crippen LogP contribution in [0.5, 0.6) is 0 Å². The van der Waals surface area contributed by atoms with Crippen molar-refractivity contribution in [3.63, 3.8) is 0 Å². The first-order chi connectivity index (χ1) is 19.0. The van der Waals surface area contributed by atoms with Crippen LogP contribution in [0.25, 0.3) is 11.3 Å². The Morgan fingerprint density at radius 3 is 2.38 bits per heavy atom. The smallest absolute Gasteiger partial charge is 0.246 e. The van der Waals surface area contributed by atoms with Gasteiger partial charge < -0.3 is 24.9 Å². The van der Waals surface area contributed by atoms with Crippen LogP contribution in [-0.4, -0.2) is 73.6 Å². The zero-order valence-electron chi connectivity index (χ0n) is 23.4. The largest absolute Gasteiger partial charge is 0.369 e. The maximum atomic E-state index is 15.3. The first-order valence-corrected chi connectivity index (χ1v) is 13.4. The molecule has 0 saturated carbocycles. The average Bonchev–Trinajstić information content (AvgIpc) is 2.89. The summed E-state index contributed by atoms with van der Waals surface area (Å²) in [6, 6.07) is 7.83. The molecule has 1 aromatic heterocycles. The normalized spacial score (nSPS) is 16.2. The number of benzene rings is 2. The Hall–Kier alpha value is -3.86. The van der Waals surface area contributed by atoms with Crippen LogP contribution in [-0.2, 0) is 4.79 Å². The highest BCUT2D eigenvalue weighted by Gasteiger charge is 2.32. The van der Waals surface area contributed by atoms with Gasteiger partial charge in [-0.3, -0.25) is 4.79 Å². The van der Waals surface area contributed by atoms with Crippen LogP contribution in [0.2, 0.25) is 0 Å². The van der Waals surface area contributed by atoms with Gasteiger partial charge in [0.2, 0.25) is 11.9 Å². The Morgan fingerprint density at radius 2 is 1.73 bits per heavy atom. The predicted molar refractivity (Wildman–Crippen MR) is 152 cm³/mol. The van der Waals surface area contributed by atoms with Gasteiger partial charge in [-0.1, -0.05) is 0 Å². The molecule has 1 amide bonds. The highest BCUT2D eigenvalue weighted by atomic mass is 19.1. The lowest BCUT2D eigenvalue weighted by Crippen LogP contribution is -2.47. The third-order valence-electron chi connectivity index (χ3n) is 7.60. The van der Waals surface area contributed by atoms with E-state index >= 15 is 8.78 Å². The standard InChI is InChI=1S/C29H34F3N7O/c1-17(2)39-25-13-18(12-22(31)28(25)37(5)16-26(39)40)27-23(32)15-33-29(35-27)34-19-6-7-24(21(30)14-19)38-10-8-20(9-11-38)36(3)4/h6-7,12-15,17,20H,8-11,16H2,1-5H3,(H,33,34,35). The molecule has 1 saturated heterocycles. The Morgan fingerprint density at radius 1 is 1.00 bits per heavy atom. The maximum Gasteiger partial charge on any atom is 0.246 e. The van der Waals surface area contributed by atoms with Gasteiger partial charge in [0.15, 0.2) is 5.82 Å². The molecule has 0 spiro atoms. The van der Waals surface area contributed by atoms with Crippen molar-refractivity contribution in [2.75, 3.05) is 60.8 Å². The van der Waals surface area contributed by atoms with Crippen molar-refractivity contribution < 1.29 is 18.0 Å². The summed E-state index contributed by atoms with van der Waals surface area (Å²) in [4.78, 5) is 28.3. The van der Waals surface area contributed by atoms with Gasteiger partial charge in [0, 0.05) is 43.5 Å². The van der Waals surface area contributed by atoms with Crippen LogP contribution in [0.4, 0.5) is 41.9 Å². The van der Waals surface area contributed by atoms with E-state index in [9.17, 15) is 9.18 Å². The number of piperidine rings is 1. The number of likely N-dealkylation sites (N-methyl/N-ethyl adjacent to an activating group) is 1. The second kappa shape index (κ2) is 11.0. The van der Waals surface area contributed by atoms with E-state index in [-0.39, 0.29) is 47.2 Å². The van der Waals surface area contributed by atoms with Crippen molar-refractivity contribution in [3.8, 4) is 11.3 Å². The molecule has 2 aromatic carbocycles. The van der Waals surface area contributed by atoms with Gasteiger partial charge in [-0.15, -0.1) is 0 Å². The zero-order chi connectivity index (χ0) is 28.7.